The molecule has 0 aliphatic heterocycles. The molecule has 1 atom stereocenters. The number of aromatic hydroxyl groups is 1. The van der Waals surface area contributed by atoms with Crippen molar-refractivity contribution in [2.24, 2.45) is 5.10 Å². The summed E-state index contributed by atoms with van der Waals surface area (Å²) in [4.78, 5) is 12.2. The number of nitrogens with zero attached hydrogens (tertiary/aromatic N) is 1. The molecule has 1 amide bonds. The van der Waals surface area contributed by atoms with E-state index in [-0.39, 0.29) is 11.7 Å². The predicted molar refractivity (Wildman–Crippen MR) is 94.5 cm³/mol. The second-order valence-electron chi connectivity index (χ2n) is 5.16. The molecule has 2 aromatic carbocycles. The molecule has 0 aromatic heterocycles. The average Bonchev–Trinajstić information content (AvgIpc) is 2.61. The number of methoxy groups -OCH3 is 1. The van der Waals surface area contributed by atoms with Crippen LogP contribution in [0.1, 0.15) is 18.9 Å². The van der Waals surface area contributed by atoms with Gasteiger partial charge in [-0.3, -0.25) is 4.79 Å². The number of nitrogens with one attached hydrogen (secondary N) is 2. The van der Waals surface area contributed by atoms with Crippen molar-refractivity contribution in [3.05, 3.63) is 54.1 Å². The third-order valence-electron chi connectivity index (χ3n) is 3.44. The first-order valence-electron chi connectivity index (χ1n) is 7.65. The van der Waals surface area contributed by atoms with Gasteiger partial charge in [-0.1, -0.05) is 6.92 Å². The maximum absolute atomic E-state index is 12.2. The van der Waals surface area contributed by atoms with Crippen molar-refractivity contribution in [1.82, 2.24) is 5.43 Å². The van der Waals surface area contributed by atoms with E-state index in [1.54, 1.807) is 31.4 Å². The lowest BCUT2D eigenvalue weighted by Gasteiger charge is -2.16. The van der Waals surface area contributed by atoms with E-state index in [0.717, 1.165) is 17.0 Å². The third kappa shape index (κ3) is 5.01. The van der Waals surface area contributed by atoms with E-state index in [0.29, 0.717) is 6.42 Å². The summed E-state index contributed by atoms with van der Waals surface area (Å²) < 4.78 is 5.11. The van der Waals surface area contributed by atoms with Gasteiger partial charge in [0, 0.05) is 5.69 Å². The topological polar surface area (TPSA) is 83.0 Å². The molecule has 0 bridgehead atoms. The number of phenolic OH excluding ortho intramolecular Hbond substituents is 1. The highest BCUT2D eigenvalue weighted by Crippen LogP contribution is 2.16. The highest BCUT2D eigenvalue weighted by Gasteiger charge is 2.15. The number of ether oxygens (including phenoxy) is 1. The molecule has 0 spiro atoms. The molecule has 3 N–H and O–H groups in total. The van der Waals surface area contributed by atoms with Crippen LogP contribution >= 0.6 is 0 Å². The number of benzene rings is 2. The van der Waals surface area contributed by atoms with Gasteiger partial charge in [0.25, 0.3) is 5.91 Å². The van der Waals surface area contributed by atoms with Crippen molar-refractivity contribution >= 4 is 17.8 Å². The highest BCUT2D eigenvalue weighted by atomic mass is 16.5. The number of hydrazone groups is 1. The molecule has 126 valence electrons. The second-order valence-corrected chi connectivity index (χ2v) is 5.16. The molecule has 2 aromatic rings. The summed E-state index contributed by atoms with van der Waals surface area (Å²) in [5, 5.41) is 16.3. The summed E-state index contributed by atoms with van der Waals surface area (Å²) in [5.74, 6) is 0.728. The summed E-state index contributed by atoms with van der Waals surface area (Å²) in [6.45, 7) is 1.92. The van der Waals surface area contributed by atoms with E-state index >= 15 is 0 Å². The Morgan fingerprint density at radius 3 is 2.46 bits per heavy atom. The zero-order valence-electron chi connectivity index (χ0n) is 13.7. The molecule has 0 aliphatic rings. The molecule has 0 saturated carbocycles. The standard InChI is InChI=1S/C18H21N3O3/c1-3-17(20-14-6-10-16(24-2)11-7-14)18(23)21-19-12-13-4-8-15(22)9-5-13/h4-12,17,20,22H,3H2,1-2H3,(H,21,23)/b19-12-/t17-/m1/s1. The molecule has 24 heavy (non-hydrogen) atoms. The van der Waals surface area contributed by atoms with Gasteiger partial charge in [0.1, 0.15) is 17.5 Å². The Kier molecular flexibility index (Phi) is 6.19. The Balaban J connectivity index is 1.91. The average molecular weight is 327 g/mol. The summed E-state index contributed by atoms with van der Waals surface area (Å²) in [7, 11) is 1.61. The van der Waals surface area contributed by atoms with Crippen molar-refractivity contribution in [2.75, 3.05) is 12.4 Å². The monoisotopic (exact) mass is 327 g/mol. The van der Waals surface area contributed by atoms with Crippen LogP contribution in [0.5, 0.6) is 11.5 Å². The minimum atomic E-state index is -0.393. The normalized spacial score (nSPS) is 11.9. The largest absolute Gasteiger partial charge is 0.508 e. The van der Waals surface area contributed by atoms with E-state index in [1.807, 2.05) is 31.2 Å². The van der Waals surface area contributed by atoms with Crippen LogP contribution in [0.2, 0.25) is 0 Å². The van der Waals surface area contributed by atoms with Crippen LogP contribution < -0.4 is 15.5 Å². The molecule has 0 radical (unpaired) electrons. The van der Waals surface area contributed by atoms with Gasteiger partial charge >= 0.3 is 0 Å². The molecule has 6 heteroatoms. The Morgan fingerprint density at radius 2 is 1.88 bits per heavy atom. The summed E-state index contributed by atoms with van der Waals surface area (Å²) >= 11 is 0. The van der Waals surface area contributed by atoms with Gasteiger partial charge in [0.05, 0.1) is 13.3 Å². The second kappa shape index (κ2) is 8.57. The summed E-state index contributed by atoms with van der Waals surface area (Å²) in [6, 6.07) is 13.5. The van der Waals surface area contributed by atoms with Gasteiger partial charge in [0.15, 0.2) is 0 Å². The van der Waals surface area contributed by atoms with Crippen molar-refractivity contribution in [3.63, 3.8) is 0 Å². The number of rotatable bonds is 7. The zero-order valence-corrected chi connectivity index (χ0v) is 13.7. The Bertz CT molecular complexity index is 682. The fourth-order valence-electron chi connectivity index (χ4n) is 2.05. The fourth-order valence-corrected chi connectivity index (χ4v) is 2.05. The minimum absolute atomic E-state index is 0.186. The zero-order chi connectivity index (χ0) is 17.4. The van der Waals surface area contributed by atoms with Crippen LogP contribution in [0.25, 0.3) is 0 Å². The van der Waals surface area contributed by atoms with Crippen LogP contribution in [0.15, 0.2) is 53.6 Å². The SMILES string of the molecule is CC[C@@H](Nc1ccc(OC)cc1)C(=O)N/N=C\c1ccc(O)cc1. The lowest BCUT2D eigenvalue weighted by atomic mass is 10.2. The third-order valence-corrected chi connectivity index (χ3v) is 3.44. The number of phenols is 1. The van der Waals surface area contributed by atoms with E-state index < -0.39 is 6.04 Å². The first kappa shape index (κ1) is 17.3. The van der Waals surface area contributed by atoms with Crippen LogP contribution in [0.3, 0.4) is 0 Å². The smallest absolute Gasteiger partial charge is 0.262 e. The number of hydrogen-bond donors (Lipinski definition) is 3. The minimum Gasteiger partial charge on any atom is -0.508 e. The maximum atomic E-state index is 12.2. The van der Waals surface area contributed by atoms with Crippen LogP contribution in [-0.2, 0) is 4.79 Å². The van der Waals surface area contributed by atoms with E-state index in [1.165, 1.54) is 6.21 Å². The number of anilines is 1. The fraction of sp³-hybridized carbons (Fsp3) is 0.222. The Labute approximate surface area is 141 Å². The van der Waals surface area contributed by atoms with Crippen molar-refractivity contribution in [2.45, 2.75) is 19.4 Å². The Hall–Kier alpha value is -3.02. The van der Waals surface area contributed by atoms with Crippen molar-refractivity contribution < 1.29 is 14.6 Å². The molecule has 0 heterocycles. The van der Waals surface area contributed by atoms with Crippen LogP contribution in [0, 0.1) is 0 Å². The van der Waals surface area contributed by atoms with Gasteiger partial charge in [-0.2, -0.15) is 5.10 Å². The van der Waals surface area contributed by atoms with Gasteiger partial charge in [-0.15, -0.1) is 0 Å². The summed E-state index contributed by atoms with van der Waals surface area (Å²) in [6.07, 6.45) is 2.14. The molecule has 0 unspecified atom stereocenters. The lowest BCUT2D eigenvalue weighted by Crippen LogP contribution is -2.36. The Morgan fingerprint density at radius 1 is 1.21 bits per heavy atom. The summed E-state index contributed by atoms with van der Waals surface area (Å²) in [5.41, 5.74) is 4.14. The van der Waals surface area contributed by atoms with E-state index in [9.17, 15) is 9.90 Å². The van der Waals surface area contributed by atoms with Crippen molar-refractivity contribution in [3.8, 4) is 11.5 Å². The molecule has 2 rings (SSSR count). The lowest BCUT2D eigenvalue weighted by molar-refractivity contribution is -0.121. The first-order valence-corrected chi connectivity index (χ1v) is 7.65. The first-order chi connectivity index (χ1) is 11.6. The number of carbonyl (C=O) groups excluding carboxylic acids is 1. The molecule has 0 aliphatic carbocycles. The van der Waals surface area contributed by atoms with E-state index in [2.05, 4.69) is 15.8 Å². The molecule has 6 nitrogen and oxygen atoms in total. The van der Waals surface area contributed by atoms with E-state index in [4.69, 9.17) is 4.74 Å². The van der Waals surface area contributed by atoms with Gasteiger partial charge < -0.3 is 15.2 Å². The number of carbonyl (C=O) groups is 1. The van der Waals surface area contributed by atoms with Crippen molar-refractivity contribution in [1.29, 1.82) is 0 Å². The van der Waals surface area contributed by atoms with Crippen LogP contribution in [0.4, 0.5) is 5.69 Å². The van der Waals surface area contributed by atoms with Gasteiger partial charge in [-0.05, 0) is 60.5 Å². The van der Waals surface area contributed by atoms with Gasteiger partial charge in [0.2, 0.25) is 0 Å². The molecular formula is C18H21N3O3. The highest BCUT2D eigenvalue weighted by molar-refractivity contribution is 5.86. The molecule has 0 fully saturated rings. The maximum Gasteiger partial charge on any atom is 0.262 e. The quantitative estimate of drug-likeness (QED) is 0.539. The molecular weight excluding hydrogens is 306 g/mol. The number of hydrogen-bond acceptors (Lipinski definition) is 5. The van der Waals surface area contributed by atoms with Gasteiger partial charge in [-0.25, -0.2) is 5.43 Å². The molecule has 0 saturated heterocycles. The number of amides is 1. The predicted octanol–water partition coefficient (Wildman–Crippen LogP) is 2.74. The van der Waals surface area contributed by atoms with Crippen LogP contribution in [-0.4, -0.2) is 30.4 Å².